The standard InChI is InChI=1S/C9H14ClN5/c1-3-12-5-9(11-2)7-15-6-8(4-10)13-14-15/h3,5-6,11-12H,1,4,7H2,2H3/b9-5-. The zero-order valence-electron chi connectivity index (χ0n) is 8.57. The maximum Gasteiger partial charge on any atom is 0.0974 e. The Morgan fingerprint density at radius 3 is 3.07 bits per heavy atom. The Labute approximate surface area is 93.8 Å². The number of nitrogens with one attached hydrogen (secondary N) is 2. The van der Waals surface area contributed by atoms with Crippen molar-refractivity contribution in [2.45, 2.75) is 12.4 Å². The summed E-state index contributed by atoms with van der Waals surface area (Å²) in [6, 6.07) is 0. The van der Waals surface area contributed by atoms with E-state index in [1.54, 1.807) is 10.9 Å². The van der Waals surface area contributed by atoms with E-state index < -0.39 is 0 Å². The molecule has 0 amide bonds. The number of hydrogen-bond acceptors (Lipinski definition) is 4. The fourth-order valence-electron chi connectivity index (χ4n) is 1.01. The molecule has 0 aromatic carbocycles. The molecule has 0 saturated carbocycles. The number of allylic oxidation sites excluding steroid dienone is 1. The van der Waals surface area contributed by atoms with E-state index in [2.05, 4.69) is 27.5 Å². The first-order valence-corrected chi connectivity index (χ1v) is 5.02. The van der Waals surface area contributed by atoms with Crippen LogP contribution in [0.1, 0.15) is 5.69 Å². The summed E-state index contributed by atoms with van der Waals surface area (Å²) in [5, 5.41) is 13.8. The van der Waals surface area contributed by atoms with Crippen LogP contribution in [0.3, 0.4) is 0 Å². The van der Waals surface area contributed by atoms with Crippen LogP contribution in [0.25, 0.3) is 0 Å². The summed E-state index contributed by atoms with van der Waals surface area (Å²) < 4.78 is 1.71. The third-order valence-corrected chi connectivity index (χ3v) is 2.03. The van der Waals surface area contributed by atoms with Crippen LogP contribution in [-0.4, -0.2) is 22.0 Å². The molecule has 0 unspecified atom stereocenters. The second-order valence-electron chi connectivity index (χ2n) is 2.83. The third-order valence-electron chi connectivity index (χ3n) is 1.75. The van der Waals surface area contributed by atoms with E-state index in [0.29, 0.717) is 12.4 Å². The Morgan fingerprint density at radius 2 is 2.53 bits per heavy atom. The number of alkyl halides is 1. The number of rotatable bonds is 6. The molecule has 2 N–H and O–H groups in total. The van der Waals surface area contributed by atoms with Crippen LogP contribution in [0.2, 0.25) is 0 Å². The summed E-state index contributed by atoms with van der Waals surface area (Å²) in [4.78, 5) is 0. The van der Waals surface area contributed by atoms with Gasteiger partial charge in [0.2, 0.25) is 0 Å². The van der Waals surface area contributed by atoms with Crippen molar-refractivity contribution in [2.75, 3.05) is 7.05 Å². The van der Waals surface area contributed by atoms with E-state index in [1.807, 2.05) is 19.4 Å². The van der Waals surface area contributed by atoms with Gasteiger partial charge in [0.25, 0.3) is 0 Å². The van der Waals surface area contributed by atoms with Gasteiger partial charge in [-0.2, -0.15) is 0 Å². The summed E-state index contributed by atoms with van der Waals surface area (Å²) in [5.74, 6) is 0.378. The van der Waals surface area contributed by atoms with Gasteiger partial charge in [0, 0.05) is 18.9 Å². The molecule has 0 radical (unpaired) electrons. The highest BCUT2D eigenvalue weighted by atomic mass is 35.5. The van der Waals surface area contributed by atoms with E-state index in [-0.39, 0.29) is 0 Å². The highest BCUT2D eigenvalue weighted by Crippen LogP contribution is 1.99. The quantitative estimate of drug-likeness (QED) is 0.707. The van der Waals surface area contributed by atoms with Gasteiger partial charge in [-0.25, -0.2) is 4.68 Å². The lowest BCUT2D eigenvalue weighted by Gasteiger charge is -2.05. The first kappa shape index (κ1) is 11.6. The predicted octanol–water partition coefficient (Wildman–Crippen LogP) is 0.811. The summed E-state index contributed by atoms with van der Waals surface area (Å²) in [6.45, 7) is 4.17. The SMILES string of the molecule is C=CN/C=C(/Cn1cc(CCl)nn1)NC. The number of halogens is 1. The van der Waals surface area contributed by atoms with Crippen molar-refractivity contribution in [3.05, 3.63) is 36.6 Å². The van der Waals surface area contributed by atoms with Crippen LogP contribution in [0.15, 0.2) is 30.9 Å². The van der Waals surface area contributed by atoms with Crippen LogP contribution in [0, 0.1) is 0 Å². The Balaban J connectivity index is 2.61. The molecule has 1 aromatic heterocycles. The normalized spacial score (nSPS) is 11.2. The number of likely N-dealkylation sites (N-methyl/N-ethyl adjacent to an activating group) is 1. The van der Waals surface area contributed by atoms with Gasteiger partial charge in [0.15, 0.2) is 0 Å². The maximum absolute atomic E-state index is 5.62. The van der Waals surface area contributed by atoms with Crippen molar-refractivity contribution in [3.63, 3.8) is 0 Å². The highest BCUT2D eigenvalue weighted by molar-refractivity contribution is 6.16. The van der Waals surface area contributed by atoms with Crippen molar-refractivity contribution in [1.82, 2.24) is 25.6 Å². The molecule has 0 atom stereocenters. The Bertz CT molecular complexity index is 344. The highest BCUT2D eigenvalue weighted by Gasteiger charge is 2.00. The van der Waals surface area contributed by atoms with E-state index in [0.717, 1.165) is 11.4 Å². The number of hydrogen-bond donors (Lipinski definition) is 2. The minimum Gasteiger partial charge on any atom is -0.389 e. The molecule has 0 fully saturated rings. The van der Waals surface area contributed by atoms with E-state index in [4.69, 9.17) is 11.6 Å². The summed E-state index contributed by atoms with van der Waals surface area (Å²) in [6.07, 6.45) is 5.23. The molecule has 1 aromatic rings. The van der Waals surface area contributed by atoms with Gasteiger partial charge in [-0.3, -0.25) is 0 Å². The maximum atomic E-state index is 5.62. The summed E-state index contributed by atoms with van der Waals surface area (Å²) in [5.41, 5.74) is 1.74. The van der Waals surface area contributed by atoms with Gasteiger partial charge >= 0.3 is 0 Å². The zero-order valence-corrected chi connectivity index (χ0v) is 9.33. The van der Waals surface area contributed by atoms with Crippen molar-refractivity contribution >= 4 is 11.6 Å². The van der Waals surface area contributed by atoms with Gasteiger partial charge in [-0.1, -0.05) is 11.8 Å². The van der Waals surface area contributed by atoms with Crippen LogP contribution in [0.5, 0.6) is 0 Å². The molecule has 0 aliphatic heterocycles. The molecule has 82 valence electrons. The van der Waals surface area contributed by atoms with Gasteiger partial charge in [0.1, 0.15) is 0 Å². The first-order valence-electron chi connectivity index (χ1n) is 4.49. The second kappa shape index (κ2) is 6.08. The summed E-state index contributed by atoms with van der Waals surface area (Å²) >= 11 is 5.62. The molecular weight excluding hydrogens is 214 g/mol. The van der Waals surface area contributed by atoms with Gasteiger partial charge in [0.05, 0.1) is 24.3 Å². The Morgan fingerprint density at radius 1 is 1.73 bits per heavy atom. The minimum atomic E-state index is 0.378. The average molecular weight is 228 g/mol. The fourth-order valence-corrected chi connectivity index (χ4v) is 1.13. The van der Waals surface area contributed by atoms with Crippen molar-refractivity contribution in [1.29, 1.82) is 0 Å². The number of nitrogens with zero attached hydrogens (tertiary/aromatic N) is 3. The van der Waals surface area contributed by atoms with Gasteiger partial charge in [-0.05, 0) is 6.20 Å². The molecule has 1 heterocycles. The molecule has 5 nitrogen and oxygen atoms in total. The molecule has 1 rings (SSSR count). The number of aromatic nitrogens is 3. The van der Waals surface area contributed by atoms with E-state index in [9.17, 15) is 0 Å². The van der Waals surface area contributed by atoms with Crippen LogP contribution < -0.4 is 10.6 Å². The lowest BCUT2D eigenvalue weighted by atomic mass is 10.4. The lowest BCUT2D eigenvalue weighted by Crippen LogP contribution is -2.15. The van der Waals surface area contributed by atoms with Crippen LogP contribution in [0.4, 0.5) is 0 Å². The predicted molar refractivity (Wildman–Crippen MR) is 60.1 cm³/mol. The van der Waals surface area contributed by atoms with Crippen LogP contribution in [-0.2, 0) is 12.4 Å². The van der Waals surface area contributed by atoms with Crippen molar-refractivity contribution in [2.24, 2.45) is 0 Å². The molecule has 0 spiro atoms. The van der Waals surface area contributed by atoms with Gasteiger partial charge in [-0.15, -0.1) is 16.7 Å². The molecular formula is C9H14ClN5. The van der Waals surface area contributed by atoms with E-state index >= 15 is 0 Å². The van der Waals surface area contributed by atoms with Crippen molar-refractivity contribution < 1.29 is 0 Å². The zero-order chi connectivity index (χ0) is 11.1. The fraction of sp³-hybridized carbons (Fsp3) is 0.333. The molecule has 15 heavy (non-hydrogen) atoms. The largest absolute Gasteiger partial charge is 0.389 e. The Hall–Kier alpha value is -1.49. The first-order chi connectivity index (χ1) is 7.30. The van der Waals surface area contributed by atoms with Crippen LogP contribution >= 0.6 is 11.6 Å². The van der Waals surface area contributed by atoms with E-state index in [1.165, 1.54) is 0 Å². The minimum absolute atomic E-state index is 0.378. The monoisotopic (exact) mass is 227 g/mol. The third kappa shape index (κ3) is 3.63. The molecule has 6 heteroatoms. The summed E-state index contributed by atoms with van der Waals surface area (Å²) in [7, 11) is 1.84. The lowest BCUT2D eigenvalue weighted by molar-refractivity contribution is 0.616. The average Bonchev–Trinajstić information content (AvgIpc) is 2.71. The topological polar surface area (TPSA) is 54.8 Å². The van der Waals surface area contributed by atoms with Gasteiger partial charge < -0.3 is 10.6 Å². The molecule has 0 bridgehead atoms. The molecule has 0 aliphatic carbocycles. The van der Waals surface area contributed by atoms with Crippen molar-refractivity contribution in [3.8, 4) is 0 Å². The molecule has 0 aliphatic rings. The smallest absolute Gasteiger partial charge is 0.0974 e. The molecule has 0 saturated heterocycles. The second-order valence-corrected chi connectivity index (χ2v) is 3.10. The Kier molecular flexibility index (Phi) is 4.70.